The molecule has 1 aliphatic heterocycles. The van der Waals surface area contributed by atoms with Crippen molar-refractivity contribution in [3.8, 4) is 0 Å². The smallest absolute Gasteiger partial charge is 0.338 e. The predicted molar refractivity (Wildman–Crippen MR) is 70.6 cm³/mol. The van der Waals surface area contributed by atoms with Crippen LogP contribution < -0.4 is 0 Å². The van der Waals surface area contributed by atoms with Crippen LogP contribution in [0.1, 0.15) is 70.6 Å². The van der Waals surface area contributed by atoms with Crippen LogP contribution in [0.4, 0.5) is 0 Å². The van der Waals surface area contributed by atoms with Crippen LogP contribution in [0.15, 0.2) is 0 Å². The van der Waals surface area contributed by atoms with Crippen molar-refractivity contribution in [3.05, 3.63) is 0 Å². The predicted octanol–water partition coefficient (Wildman–Crippen LogP) is 3.76. The van der Waals surface area contributed by atoms with E-state index in [4.69, 9.17) is 9.84 Å². The monoisotopic (exact) mass is 254 g/mol. The first-order valence-electron chi connectivity index (χ1n) is 7.60. The molecule has 0 spiro atoms. The minimum Gasteiger partial charge on any atom is -0.479 e. The first-order chi connectivity index (χ1) is 8.73. The summed E-state index contributed by atoms with van der Waals surface area (Å²) in [4.78, 5) is 10.9. The molecule has 2 aliphatic rings. The van der Waals surface area contributed by atoms with Crippen LogP contribution in [0.2, 0.25) is 0 Å². The third-order valence-electron chi connectivity index (χ3n) is 4.55. The van der Waals surface area contributed by atoms with Gasteiger partial charge in [0.25, 0.3) is 0 Å². The number of ether oxygens (including phenoxy) is 1. The Bertz CT molecular complexity index is 263. The lowest BCUT2D eigenvalue weighted by atomic mass is 9.87. The lowest BCUT2D eigenvalue weighted by Crippen LogP contribution is -2.23. The molecule has 0 radical (unpaired) electrons. The maximum absolute atomic E-state index is 10.9. The highest BCUT2D eigenvalue weighted by atomic mass is 16.6. The summed E-state index contributed by atoms with van der Waals surface area (Å²) in [5.41, 5.74) is -0.791. The van der Waals surface area contributed by atoms with Crippen molar-refractivity contribution in [3.63, 3.8) is 0 Å². The minimum atomic E-state index is -0.791. The fraction of sp³-hybridized carbons (Fsp3) is 0.933. The van der Waals surface area contributed by atoms with E-state index in [2.05, 4.69) is 0 Å². The summed E-state index contributed by atoms with van der Waals surface area (Å²) in [6, 6.07) is 0. The Hall–Kier alpha value is -0.570. The van der Waals surface area contributed by atoms with E-state index in [1.165, 1.54) is 57.8 Å². The second-order valence-corrected chi connectivity index (χ2v) is 6.05. The number of epoxide rings is 1. The van der Waals surface area contributed by atoms with Gasteiger partial charge in [-0.2, -0.15) is 0 Å². The first-order valence-corrected chi connectivity index (χ1v) is 7.60. The van der Waals surface area contributed by atoms with Crippen LogP contribution in [-0.2, 0) is 9.53 Å². The van der Waals surface area contributed by atoms with Gasteiger partial charge in [0.05, 0.1) is 6.61 Å². The highest BCUT2D eigenvalue weighted by Crippen LogP contribution is 2.34. The Morgan fingerprint density at radius 2 is 1.72 bits per heavy atom. The van der Waals surface area contributed by atoms with Crippen LogP contribution in [0.25, 0.3) is 0 Å². The Balaban J connectivity index is 1.58. The van der Waals surface area contributed by atoms with Gasteiger partial charge in [0, 0.05) is 0 Å². The number of rotatable bonds is 6. The van der Waals surface area contributed by atoms with Gasteiger partial charge in [-0.25, -0.2) is 4.79 Å². The molecule has 1 heterocycles. The SMILES string of the molecule is O=C(O)C1(CCCCC2CCCCCCC2)CO1. The molecule has 1 N–H and O–H groups in total. The van der Waals surface area contributed by atoms with Crippen molar-refractivity contribution in [1.29, 1.82) is 0 Å². The Morgan fingerprint density at radius 1 is 1.11 bits per heavy atom. The van der Waals surface area contributed by atoms with Crippen molar-refractivity contribution in [1.82, 2.24) is 0 Å². The van der Waals surface area contributed by atoms with Crippen molar-refractivity contribution >= 4 is 5.97 Å². The molecule has 3 nitrogen and oxygen atoms in total. The number of carboxylic acid groups (broad SMARTS) is 1. The number of aliphatic carboxylic acids is 1. The molecule has 1 unspecified atom stereocenters. The number of carboxylic acids is 1. The molecule has 0 aromatic carbocycles. The summed E-state index contributed by atoms with van der Waals surface area (Å²) < 4.78 is 5.09. The van der Waals surface area contributed by atoms with Crippen molar-refractivity contribution in [2.45, 2.75) is 76.2 Å². The highest BCUT2D eigenvalue weighted by molar-refractivity contribution is 5.80. The molecule has 0 aromatic heterocycles. The average Bonchev–Trinajstić information content (AvgIpc) is 3.07. The molecule has 1 atom stereocenters. The standard InChI is InChI=1S/C15H26O3/c16-14(17)15(12-18-15)11-7-6-10-13-8-4-2-1-3-5-9-13/h13H,1-12H2,(H,16,17). The van der Waals surface area contributed by atoms with Crippen molar-refractivity contribution < 1.29 is 14.6 Å². The van der Waals surface area contributed by atoms with E-state index in [0.717, 1.165) is 12.3 Å². The molecule has 1 saturated carbocycles. The highest BCUT2D eigenvalue weighted by Gasteiger charge is 2.51. The molecule has 3 heteroatoms. The van der Waals surface area contributed by atoms with Gasteiger partial charge in [0.1, 0.15) is 0 Å². The second-order valence-electron chi connectivity index (χ2n) is 6.05. The topological polar surface area (TPSA) is 49.8 Å². The lowest BCUT2D eigenvalue weighted by molar-refractivity contribution is -0.143. The van der Waals surface area contributed by atoms with Crippen molar-refractivity contribution in [2.24, 2.45) is 5.92 Å². The number of carbonyl (C=O) groups is 1. The normalized spacial score (nSPS) is 29.6. The zero-order chi connectivity index (χ0) is 12.8. The van der Waals surface area contributed by atoms with Crippen LogP contribution >= 0.6 is 0 Å². The summed E-state index contributed by atoms with van der Waals surface area (Å²) in [5.74, 6) is 0.125. The van der Waals surface area contributed by atoms with E-state index in [1.807, 2.05) is 0 Å². The van der Waals surface area contributed by atoms with Crippen LogP contribution in [0.5, 0.6) is 0 Å². The van der Waals surface area contributed by atoms with Crippen LogP contribution in [0.3, 0.4) is 0 Å². The van der Waals surface area contributed by atoms with Gasteiger partial charge in [-0.3, -0.25) is 0 Å². The quantitative estimate of drug-likeness (QED) is 0.580. The molecule has 2 fully saturated rings. The summed E-state index contributed by atoms with van der Waals surface area (Å²) in [7, 11) is 0. The van der Waals surface area contributed by atoms with Gasteiger partial charge in [0.2, 0.25) is 0 Å². The molecule has 0 amide bonds. The van der Waals surface area contributed by atoms with Crippen LogP contribution in [-0.4, -0.2) is 23.3 Å². The zero-order valence-corrected chi connectivity index (χ0v) is 11.3. The molecule has 0 bridgehead atoms. The maximum atomic E-state index is 10.9. The Kier molecular flexibility index (Phi) is 5.04. The van der Waals surface area contributed by atoms with E-state index >= 15 is 0 Å². The molecule has 1 aliphatic carbocycles. The van der Waals surface area contributed by atoms with Gasteiger partial charge in [-0.1, -0.05) is 57.8 Å². The van der Waals surface area contributed by atoms with E-state index in [-0.39, 0.29) is 0 Å². The summed E-state index contributed by atoms with van der Waals surface area (Å²) >= 11 is 0. The average molecular weight is 254 g/mol. The first kappa shape index (κ1) is 13.9. The molecular weight excluding hydrogens is 228 g/mol. The largest absolute Gasteiger partial charge is 0.479 e. The Morgan fingerprint density at radius 3 is 2.28 bits per heavy atom. The zero-order valence-electron chi connectivity index (χ0n) is 11.3. The maximum Gasteiger partial charge on any atom is 0.338 e. The summed E-state index contributed by atoms with van der Waals surface area (Å²) in [6.45, 7) is 0.422. The van der Waals surface area contributed by atoms with Gasteiger partial charge < -0.3 is 9.84 Å². The molecule has 2 rings (SSSR count). The fourth-order valence-electron chi connectivity index (χ4n) is 3.13. The van der Waals surface area contributed by atoms with Gasteiger partial charge in [0.15, 0.2) is 5.60 Å². The number of hydrogen-bond acceptors (Lipinski definition) is 2. The third kappa shape index (κ3) is 3.98. The molecular formula is C15H26O3. The molecule has 104 valence electrons. The number of unbranched alkanes of at least 4 members (excludes halogenated alkanes) is 1. The number of hydrogen-bond donors (Lipinski definition) is 1. The summed E-state index contributed by atoms with van der Waals surface area (Å²) in [6.07, 6.45) is 14.0. The minimum absolute atomic E-state index is 0.422. The van der Waals surface area contributed by atoms with Gasteiger partial charge >= 0.3 is 5.97 Å². The van der Waals surface area contributed by atoms with E-state index in [0.29, 0.717) is 13.0 Å². The van der Waals surface area contributed by atoms with Gasteiger partial charge in [-0.15, -0.1) is 0 Å². The van der Waals surface area contributed by atoms with E-state index in [1.54, 1.807) is 0 Å². The second kappa shape index (κ2) is 6.55. The third-order valence-corrected chi connectivity index (χ3v) is 4.55. The molecule has 18 heavy (non-hydrogen) atoms. The van der Waals surface area contributed by atoms with Crippen LogP contribution in [0, 0.1) is 5.92 Å². The van der Waals surface area contributed by atoms with Gasteiger partial charge in [-0.05, 0) is 18.8 Å². The lowest BCUT2D eigenvalue weighted by Gasteiger charge is -2.19. The Labute approximate surface area is 110 Å². The van der Waals surface area contributed by atoms with Crippen molar-refractivity contribution in [2.75, 3.05) is 6.61 Å². The fourth-order valence-corrected chi connectivity index (χ4v) is 3.13. The molecule has 0 aromatic rings. The summed E-state index contributed by atoms with van der Waals surface area (Å²) in [5, 5.41) is 9.00. The molecule has 1 saturated heterocycles. The van der Waals surface area contributed by atoms with E-state index in [9.17, 15) is 4.79 Å². The van der Waals surface area contributed by atoms with E-state index < -0.39 is 11.6 Å².